The van der Waals surface area contributed by atoms with Crippen molar-refractivity contribution in [3.8, 4) is 22.6 Å². The third-order valence-corrected chi connectivity index (χ3v) is 6.93. The Morgan fingerprint density at radius 2 is 1.90 bits per heavy atom. The van der Waals surface area contributed by atoms with Crippen LogP contribution in [0.3, 0.4) is 0 Å². The zero-order valence-corrected chi connectivity index (χ0v) is 23.0. The summed E-state index contributed by atoms with van der Waals surface area (Å²) in [5.74, 6) is 0.224. The standard InChI is InChI=1S/C34H28FN7/c1-21(26-18-28(20-36-19-26)38-22(2)16-24-8-5-4-6-9-24)12-13-30-23(3)31(42-41-30)34-39-32-29(14-15-37-33(32)40-34)25-10-7-11-27(35)17-25/h4-15,17-20,38,41H,2-3,16H2,1H3,(H,37,39,40)/b21-12+,30-13+. The van der Waals surface area contributed by atoms with Crippen LogP contribution in [0.2, 0.25) is 0 Å². The van der Waals surface area contributed by atoms with E-state index >= 15 is 0 Å². The molecule has 0 aliphatic rings. The first-order valence-electron chi connectivity index (χ1n) is 13.4. The minimum absolute atomic E-state index is 0.305. The quantitative estimate of drug-likeness (QED) is 0.215. The number of imidazole rings is 1. The molecular weight excluding hydrogens is 525 g/mol. The predicted octanol–water partition coefficient (Wildman–Crippen LogP) is 6.01. The van der Waals surface area contributed by atoms with Crippen molar-refractivity contribution in [2.45, 2.75) is 13.3 Å². The first-order chi connectivity index (χ1) is 20.4. The number of benzene rings is 2. The third kappa shape index (κ3) is 5.64. The Hall–Kier alpha value is -5.63. The molecule has 4 heterocycles. The van der Waals surface area contributed by atoms with Crippen LogP contribution in [0.1, 0.15) is 18.1 Å². The molecule has 0 bridgehead atoms. The molecular formula is C34H28FN7. The number of aromatic nitrogens is 6. The van der Waals surface area contributed by atoms with Crippen LogP contribution in [-0.2, 0) is 6.42 Å². The lowest BCUT2D eigenvalue weighted by Gasteiger charge is -2.11. The molecule has 0 fully saturated rings. The second kappa shape index (κ2) is 11.5. The summed E-state index contributed by atoms with van der Waals surface area (Å²) in [6.45, 7) is 10.4. The molecule has 7 nitrogen and oxygen atoms in total. The van der Waals surface area contributed by atoms with Gasteiger partial charge in [-0.2, -0.15) is 5.10 Å². The fourth-order valence-electron chi connectivity index (χ4n) is 4.75. The molecule has 42 heavy (non-hydrogen) atoms. The third-order valence-electron chi connectivity index (χ3n) is 6.93. The number of hydrogen-bond acceptors (Lipinski definition) is 5. The van der Waals surface area contributed by atoms with Gasteiger partial charge in [0, 0.05) is 35.3 Å². The lowest BCUT2D eigenvalue weighted by atomic mass is 10.1. The Morgan fingerprint density at radius 3 is 2.74 bits per heavy atom. The molecule has 0 aliphatic carbocycles. The summed E-state index contributed by atoms with van der Waals surface area (Å²) in [4.78, 5) is 16.7. The Kier molecular flexibility index (Phi) is 7.26. The van der Waals surface area contributed by atoms with Crippen molar-refractivity contribution < 1.29 is 4.39 Å². The van der Waals surface area contributed by atoms with Crippen LogP contribution in [-0.4, -0.2) is 30.1 Å². The monoisotopic (exact) mass is 553 g/mol. The Balaban J connectivity index is 1.24. The van der Waals surface area contributed by atoms with E-state index in [2.05, 4.69) is 60.7 Å². The summed E-state index contributed by atoms with van der Waals surface area (Å²) in [5.41, 5.74) is 8.29. The van der Waals surface area contributed by atoms with Crippen LogP contribution in [0.4, 0.5) is 10.1 Å². The molecule has 0 aliphatic heterocycles. The maximum atomic E-state index is 13.9. The summed E-state index contributed by atoms with van der Waals surface area (Å²) in [6.07, 6.45) is 9.93. The number of hydrogen-bond donors (Lipinski definition) is 3. The number of pyridine rings is 2. The van der Waals surface area contributed by atoms with Crippen molar-refractivity contribution in [2.75, 3.05) is 5.32 Å². The van der Waals surface area contributed by atoms with Gasteiger partial charge < -0.3 is 10.3 Å². The summed E-state index contributed by atoms with van der Waals surface area (Å²) in [7, 11) is 0. The van der Waals surface area contributed by atoms with Crippen LogP contribution in [0.25, 0.3) is 52.0 Å². The minimum atomic E-state index is -0.305. The van der Waals surface area contributed by atoms with Gasteiger partial charge in [0.1, 0.15) is 11.5 Å². The highest BCUT2D eigenvalue weighted by Gasteiger charge is 2.14. The molecule has 0 atom stereocenters. The molecule has 0 saturated carbocycles. The highest BCUT2D eigenvalue weighted by Crippen LogP contribution is 2.28. The van der Waals surface area contributed by atoms with Gasteiger partial charge in [-0.05, 0) is 59.5 Å². The van der Waals surface area contributed by atoms with Crippen LogP contribution in [0.5, 0.6) is 0 Å². The molecule has 4 aromatic heterocycles. The van der Waals surface area contributed by atoms with Crippen molar-refractivity contribution in [3.05, 3.63) is 131 Å². The van der Waals surface area contributed by atoms with Gasteiger partial charge in [-0.15, -0.1) is 0 Å². The summed E-state index contributed by atoms with van der Waals surface area (Å²) < 4.78 is 13.9. The highest BCUT2D eigenvalue weighted by atomic mass is 19.1. The van der Waals surface area contributed by atoms with E-state index in [4.69, 9.17) is 0 Å². The molecule has 6 aromatic rings. The maximum Gasteiger partial charge on any atom is 0.178 e. The van der Waals surface area contributed by atoms with Gasteiger partial charge >= 0.3 is 0 Å². The van der Waals surface area contributed by atoms with Crippen LogP contribution in [0, 0.1) is 5.82 Å². The first kappa shape index (κ1) is 26.6. The number of anilines is 1. The molecule has 0 unspecified atom stereocenters. The van der Waals surface area contributed by atoms with Crippen LogP contribution < -0.4 is 15.9 Å². The lowest BCUT2D eigenvalue weighted by Crippen LogP contribution is -2.21. The second-order valence-corrected chi connectivity index (χ2v) is 9.99. The van der Waals surface area contributed by atoms with Gasteiger partial charge in [0.05, 0.1) is 22.8 Å². The van der Waals surface area contributed by atoms with Gasteiger partial charge in [0.2, 0.25) is 0 Å². The van der Waals surface area contributed by atoms with E-state index in [0.29, 0.717) is 27.9 Å². The number of H-pyrrole nitrogens is 2. The average Bonchev–Trinajstić information content (AvgIpc) is 3.59. The number of fused-ring (bicyclic) bond motifs is 1. The number of nitrogens with zero attached hydrogens (tertiary/aromatic N) is 4. The van der Waals surface area contributed by atoms with Gasteiger partial charge in [0.25, 0.3) is 0 Å². The van der Waals surface area contributed by atoms with Gasteiger partial charge in [-0.3, -0.25) is 10.1 Å². The van der Waals surface area contributed by atoms with Crippen molar-refractivity contribution >= 4 is 35.1 Å². The summed E-state index contributed by atoms with van der Waals surface area (Å²) in [5, 5.41) is 12.3. The van der Waals surface area contributed by atoms with Gasteiger partial charge in [-0.1, -0.05) is 61.7 Å². The Labute approximate surface area is 241 Å². The van der Waals surface area contributed by atoms with Crippen molar-refractivity contribution in [3.63, 3.8) is 0 Å². The Bertz CT molecular complexity index is 2060. The normalized spacial score (nSPS) is 12.1. The molecule has 6 rings (SSSR count). The van der Waals surface area contributed by atoms with E-state index in [1.165, 1.54) is 17.7 Å². The minimum Gasteiger partial charge on any atom is -0.358 e. The smallest absolute Gasteiger partial charge is 0.178 e. The molecule has 0 amide bonds. The first-order valence-corrected chi connectivity index (χ1v) is 13.4. The van der Waals surface area contributed by atoms with Gasteiger partial charge in [-0.25, -0.2) is 14.4 Å². The van der Waals surface area contributed by atoms with Crippen LogP contribution >= 0.6 is 0 Å². The molecule has 2 aromatic carbocycles. The van der Waals surface area contributed by atoms with Crippen molar-refractivity contribution in [1.29, 1.82) is 0 Å². The number of halogens is 1. The van der Waals surface area contributed by atoms with E-state index in [-0.39, 0.29) is 5.82 Å². The Morgan fingerprint density at radius 1 is 1.05 bits per heavy atom. The van der Waals surface area contributed by atoms with E-state index in [9.17, 15) is 4.39 Å². The number of rotatable bonds is 8. The lowest BCUT2D eigenvalue weighted by molar-refractivity contribution is 0.628. The van der Waals surface area contributed by atoms with E-state index in [0.717, 1.165) is 45.4 Å². The predicted molar refractivity (Wildman–Crippen MR) is 167 cm³/mol. The number of aromatic amines is 2. The average molecular weight is 554 g/mol. The second-order valence-electron chi connectivity index (χ2n) is 9.99. The fourth-order valence-corrected chi connectivity index (χ4v) is 4.75. The molecule has 8 heteroatoms. The molecule has 206 valence electrons. The zero-order valence-electron chi connectivity index (χ0n) is 23.0. The van der Waals surface area contributed by atoms with E-state index in [1.54, 1.807) is 18.5 Å². The molecule has 3 N–H and O–H groups in total. The number of nitrogens with one attached hydrogen (secondary N) is 3. The summed E-state index contributed by atoms with van der Waals surface area (Å²) >= 11 is 0. The van der Waals surface area contributed by atoms with Gasteiger partial charge in [0.15, 0.2) is 11.5 Å². The van der Waals surface area contributed by atoms with E-state index < -0.39 is 0 Å². The van der Waals surface area contributed by atoms with Crippen molar-refractivity contribution in [2.24, 2.45) is 0 Å². The SMILES string of the molecule is C=C(Cc1ccccc1)Nc1cncc(/C(C)=C/C=c2/[nH]nc(-c3nc4nccc(-c5cccc(F)c5)c4[nH]3)c2=C)c1. The van der Waals surface area contributed by atoms with Crippen LogP contribution in [0.15, 0.2) is 104 Å². The molecule has 0 radical (unpaired) electrons. The largest absolute Gasteiger partial charge is 0.358 e. The highest BCUT2D eigenvalue weighted by molar-refractivity contribution is 5.91. The summed E-state index contributed by atoms with van der Waals surface area (Å²) in [6, 6.07) is 20.5. The number of allylic oxidation sites excluding steroid dienone is 3. The zero-order chi connectivity index (χ0) is 29.1. The topological polar surface area (TPSA) is 95.2 Å². The molecule has 0 saturated heterocycles. The molecule has 0 spiro atoms. The fraction of sp³-hybridized carbons (Fsp3) is 0.0588. The maximum absolute atomic E-state index is 13.9. The van der Waals surface area contributed by atoms with E-state index in [1.807, 2.05) is 61.7 Å². The van der Waals surface area contributed by atoms with Crippen molar-refractivity contribution in [1.82, 2.24) is 30.1 Å².